The fourth-order valence-electron chi connectivity index (χ4n) is 2.72. The SMILES string of the molecule is CCCC(O)c1noc(C2C(C)(C)C2(C)C)n1. The summed E-state index contributed by atoms with van der Waals surface area (Å²) in [6.45, 7) is 10.9. The molecule has 1 aliphatic carbocycles. The second-order valence-corrected chi connectivity index (χ2v) is 6.17. The van der Waals surface area contributed by atoms with E-state index in [1.54, 1.807) is 0 Å². The maximum Gasteiger partial charge on any atom is 0.230 e. The average molecular weight is 238 g/mol. The third-order valence-corrected chi connectivity index (χ3v) is 4.59. The smallest absolute Gasteiger partial charge is 0.230 e. The standard InChI is InChI=1S/C13H22N2O2/c1-6-7-8(16)10-14-11(17-15-10)9-12(2,3)13(9,4)5/h8-9,16H,6-7H2,1-5H3. The minimum Gasteiger partial charge on any atom is -0.385 e. The molecule has 1 aromatic heterocycles. The lowest BCUT2D eigenvalue weighted by Crippen LogP contribution is -1.99. The van der Waals surface area contributed by atoms with E-state index in [-0.39, 0.29) is 10.8 Å². The fourth-order valence-corrected chi connectivity index (χ4v) is 2.72. The van der Waals surface area contributed by atoms with Gasteiger partial charge in [-0.3, -0.25) is 0 Å². The van der Waals surface area contributed by atoms with Crippen LogP contribution in [0, 0.1) is 10.8 Å². The van der Waals surface area contributed by atoms with Crippen molar-refractivity contribution in [3.8, 4) is 0 Å². The molecule has 0 bridgehead atoms. The van der Waals surface area contributed by atoms with Gasteiger partial charge in [-0.05, 0) is 17.3 Å². The molecule has 1 aromatic rings. The number of hydrogen-bond donors (Lipinski definition) is 1. The number of aromatic nitrogens is 2. The number of aliphatic hydroxyl groups excluding tert-OH is 1. The Hall–Kier alpha value is -0.900. The van der Waals surface area contributed by atoms with Gasteiger partial charge in [0.05, 0.1) is 0 Å². The Labute approximate surface area is 102 Å². The maximum absolute atomic E-state index is 9.81. The molecule has 4 heteroatoms. The average Bonchev–Trinajstić information content (AvgIpc) is 2.59. The quantitative estimate of drug-likeness (QED) is 0.875. The van der Waals surface area contributed by atoms with Crippen molar-refractivity contribution >= 4 is 0 Å². The van der Waals surface area contributed by atoms with Crippen molar-refractivity contribution < 1.29 is 9.63 Å². The third kappa shape index (κ3) is 1.79. The van der Waals surface area contributed by atoms with Crippen LogP contribution in [-0.2, 0) is 0 Å². The molecule has 1 atom stereocenters. The number of hydrogen-bond acceptors (Lipinski definition) is 4. The van der Waals surface area contributed by atoms with E-state index < -0.39 is 6.10 Å². The van der Waals surface area contributed by atoms with Gasteiger partial charge in [0.25, 0.3) is 0 Å². The first-order valence-corrected chi connectivity index (χ1v) is 6.34. The highest BCUT2D eigenvalue weighted by Gasteiger charge is 2.68. The summed E-state index contributed by atoms with van der Waals surface area (Å²) in [5, 5.41) is 13.7. The predicted octanol–water partition coefficient (Wildman–Crippen LogP) is 3.05. The maximum atomic E-state index is 9.81. The van der Waals surface area contributed by atoms with Crippen LogP contribution in [0.3, 0.4) is 0 Å². The molecule has 1 aliphatic rings. The summed E-state index contributed by atoms with van der Waals surface area (Å²) < 4.78 is 5.31. The van der Waals surface area contributed by atoms with Crippen molar-refractivity contribution in [1.82, 2.24) is 10.1 Å². The number of aliphatic hydroxyl groups is 1. The Morgan fingerprint density at radius 3 is 2.35 bits per heavy atom. The molecule has 96 valence electrons. The molecular formula is C13H22N2O2. The summed E-state index contributed by atoms with van der Waals surface area (Å²) in [6.07, 6.45) is 0.990. The van der Waals surface area contributed by atoms with Gasteiger partial charge in [-0.2, -0.15) is 4.98 Å². The van der Waals surface area contributed by atoms with Gasteiger partial charge in [0.2, 0.25) is 5.89 Å². The van der Waals surface area contributed by atoms with Gasteiger partial charge in [0, 0.05) is 5.92 Å². The van der Waals surface area contributed by atoms with Crippen molar-refractivity contribution in [2.75, 3.05) is 0 Å². The lowest BCUT2D eigenvalue weighted by Gasteiger charge is -2.03. The molecule has 17 heavy (non-hydrogen) atoms. The Bertz CT molecular complexity index is 395. The molecule has 0 amide bonds. The fraction of sp³-hybridized carbons (Fsp3) is 0.846. The molecular weight excluding hydrogens is 216 g/mol. The minimum absolute atomic E-state index is 0.187. The normalized spacial score (nSPS) is 23.6. The van der Waals surface area contributed by atoms with E-state index in [0.29, 0.717) is 24.1 Å². The molecule has 2 rings (SSSR count). The molecule has 0 spiro atoms. The van der Waals surface area contributed by atoms with E-state index in [1.165, 1.54) is 0 Å². The van der Waals surface area contributed by atoms with Gasteiger partial charge in [0.1, 0.15) is 6.10 Å². The summed E-state index contributed by atoms with van der Waals surface area (Å²) in [5.41, 5.74) is 0.374. The van der Waals surface area contributed by atoms with Crippen molar-refractivity contribution in [3.05, 3.63) is 11.7 Å². The second-order valence-electron chi connectivity index (χ2n) is 6.17. The van der Waals surface area contributed by atoms with E-state index in [2.05, 4.69) is 37.8 Å². The molecule has 0 saturated heterocycles. The zero-order valence-electron chi connectivity index (χ0n) is 11.3. The van der Waals surface area contributed by atoms with Gasteiger partial charge in [-0.1, -0.05) is 46.2 Å². The Kier molecular flexibility index (Phi) is 2.81. The lowest BCUT2D eigenvalue weighted by molar-refractivity contribution is 0.152. The Morgan fingerprint density at radius 1 is 1.29 bits per heavy atom. The molecule has 1 saturated carbocycles. The first-order valence-electron chi connectivity index (χ1n) is 6.34. The van der Waals surface area contributed by atoms with E-state index >= 15 is 0 Å². The predicted molar refractivity (Wildman–Crippen MR) is 64.5 cm³/mol. The Morgan fingerprint density at radius 2 is 1.88 bits per heavy atom. The van der Waals surface area contributed by atoms with E-state index in [1.807, 2.05) is 6.92 Å². The monoisotopic (exact) mass is 238 g/mol. The van der Waals surface area contributed by atoms with Crippen molar-refractivity contribution in [1.29, 1.82) is 0 Å². The zero-order valence-corrected chi connectivity index (χ0v) is 11.3. The van der Waals surface area contributed by atoms with Gasteiger partial charge in [-0.15, -0.1) is 0 Å². The molecule has 1 unspecified atom stereocenters. The lowest BCUT2D eigenvalue weighted by atomic mass is 10.0. The summed E-state index contributed by atoms with van der Waals surface area (Å²) in [5.74, 6) is 1.40. The highest BCUT2D eigenvalue weighted by Crippen LogP contribution is 2.73. The minimum atomic E-state index is -0.595. The highest BCUT2D eigenvalue weighted by atomic mass is 16.5. The van der Waals surface area contributed by atoms with Crippen LogP contribution in [-0.4, -0.2) is 15.2 Å². The second kappa shape index (κ2) is 3.80. The molecule has 0 aromatic carbocycles. The Balaban J connectivity index is 2.16. The molecule has 1 fully saturated rings. The van der Waals surface area contributed by atoms with Crippen LogP contribution in [0.2, 0.25) is 0 Å². The molecule has 1 heterocycles. The largest absolute Gasteiger partial charge is 0.385 e. The highest BCUT2D eigenvalue weighted by molar-refractivity contribution is 5.25. The van der Waals surface area contributed by atoms with Crippen molar-refractivity contribution in [3.63, 3.8) is 0 Å². The van der Waals surface area contributed by atoms with Gasteiger partial charge in [-0.25, -0.2) is 0 Å². The van der Waals surface area contributed by atoms with Gasteiger partial charge >= 0.3 is 0 Å². The van der Waals surface area contributed by atoms with Crippen LogP contribution in [0.15, 0.2) is 4.52 Å². The van der Waals surface area contributed by atoms with Crippen LogP contribution in [0.5, 0.6) is 0 Å². The first kappa shape index (κ1) is 12.6. The zero-order chi connectivity index (χ0) is 12.8. The van der Waals surface area contributed by atoms with Crippen LogP contribution in [0.1, 0.15) is 71.2 Å². The van der Waals surface area contributed by atoms with Gasteiger partial charge in [0.15, 0.2) is 5.82 Å². The van der Waals surface area contributed by atoms with Crippen LogP contribution in [0.25, 0.3) is 0 Å². The molecule has 4 nitrogen and oxygen atoms in total. The summed E-state index contributed by atoms with van der Waals surface area (Å²) in [7, 11) is 0. The number of rotatable bonds is 4. The first-order chi connectivity index (χ1) is 7.82. The topological polar surface area (TPSA) is 59.2 Å². The van der Waals surface area contributed by atoms with E-state index in [4.69, 9.17) is 4.52 Å². The van der Waals surface area contributed by atoms with E-state index in [0.717, 1.165) is 6.42 Å². The molecule has 0 aliphatic heterocycles. The van der Waals surface area contributed by atoms with Crippen LogP contribution in [0.4, 0.5) is 0 Å². The number of nitrogens with zero attached hydrogens (tertiary/aromatic N) is 2. The summed E-state index contributed by atoms with van der Waals surface area (Å²) in [4.78, 5) is 4.35. The molecule has 1 N–H and O–H groups in total. The molecule has 0 radical (unpaired) electrons. The summed E-state index contributed by atoms with van der Waals surface area (Å²) in [6, 6.07) is 0. The van der Waals surface area contributed by atoms with Crippen molar-refractivity contribution in [2.24, 2.45) is 10.8 Å². The van der Waals surface area contributed by atoms with Crippen LogP contribution < -0.4 is 0 Å². The van der Waals surface area contributed by atoms with Crippen molar-refractivity contribution in [2.45, 2.75) is 59.5 Å². The van der Waals surface area contributed by atoms with Gasteiger partial charge < -0.3 is 9.63 Å². The van der Waals surface area contributed by atoms with Crippen LogP contribution >= 0.6 is 0 Å². The summed E-state index contributed by atoms with van der Waals surface area (Å²) >= 11 is 0. The third-order valence-electron chi connectivity index (χ3n) is 4.59. The van der Waals surface area contributed by atoms with E-state index in [9.17, 15) is 5.11 Å².